The van der Waals surface area contributed by atoms with Crippen LogP contribution in [-0.4, -0.2) is 44.3 Å². The van der Waals surface area contributed by atoms with Crippen molar-refractivity contribution in [3.8, 4) is 11.5 Å². The van der Waals surface area contributed by atoms with Crippen molar-refractivity contribution in [3.63, 3.8) is 0 Å². The summed E-state index contributed by atoms with van der Waals surface area (Å²) in [5.41, 5.74) is 2.32. The molecule has 6 heteroatoms. The Morgan fingerprint density at radius 1 is 1.43 bits per heavy atom. The number of benzene rings is 1. The summed E-state index contributed by atoms with van der Waals surface area (Å²) >= 11 is 1.81. The predicted octanol–water partition coefficient (Wildman–Crippen LogP) is 2.44. The van der Waals surface area contributed by atoms with Crippen molar-refractivity contribution in [2.75, 3.05) is 32.2 Å². The van der Waals surface area contributed by atoms with Crippen LogP contribution < -0.4 is 20.1 Å². The molecule has 0 aliphatic carbocycles. The lowest BCUT2D eigenvalue weighted by molar-refractivity contribution is 0.254. The van der Waals surface area contributed by atoms with Gasteiger partial charge in [0.2, 0.25) is 0 Å². The molecule has 128 valence electrons. The van der Waals surface area contributed by atoms with Gasteiger partial charge >= 0.3 is 0 Å². The van der Waals surface area contributed by atoms with Gasteiger partial charge in [-0.05, 0) is 32.2 Å². The molecule has 0 saturated carbocycles. The van der Waals surface area contributed by atoms with Gasteiger partial charge in [-0.25, -0.2) is 0 Å². The minimum absolute atomic E-state index is 0.240. The zero-order valence-corrected chi connectivity index (χ0v) is 15.3. The first-order valence-electron chi connectivity index (χ1n) is 8.06. The van der Waals surface area contributed by atoms with Crippen LogP contribution in [0.15, 0.2) is 17.1 Å². The molecule has 0 fully saturated rings. The summed E-state index contributed by atoms with van der Waals surface area (Å²) in [4.78, 5) is 4.25. The first kappa shape index (κ1) is 17.8. The largest absolute Gasteiger partial charge is 0.494 e. The van der Waals surface area contributed by atoms with E-state index in [1.807, 2.05) is 18.7 Å². The first-order chi connectivity index (χ1) is 11.2. The number of aliphatic imine (C=N–C) groups is 1. The zero-order valence-electron chi connectivity index (χ0n) is 14.4. The van der Waals surface area contributed by atoms with Crippen molar-refractivity contribution in [1.29, 1.82) is 0 Å². The number of thioether (sulfide) groups is 1. The highest BCUT2D eigenvalue weighted by Gasteiger charge is 2.21. The monoisotopic (exact) mass is 337 g/mol. The summed E-state index contributed by atoms with van der Waals surface area (Å²) in [6.07, 6.45) is 3.28. The molecule has 1 unspecified atom stereocenters. The maximum atomic E-state index is 5.86. The smallest absolute Gasteiger partial charge is 0.191 e. The molecular formula is C17H27N3O2S. The lowest BCUT2D eigenvalue weighted by atomic mass is 10.1. The van der Waals surface area contributed by atoms with E-state index in [-0.39, 0.29) is 6.10 Å². The van der Waals surface area contributed by atoms with Crippen LogP contribution >= 0.6 is 11.8 Å². The minimum Gasteiger partial charge on any atom is -0.494 e. The third kappa shape index (κ3) is 4.96. The van der Waals surface area contributed by atoms with Gasteiger partial charge in [0.25, 0.3) is 0 Å². The number of nitrogens with one attached hydrogen (secondary N) is 2. The molecule has 1 heterocycles. The topological polar surface area (TPSA) is 54.9 Å². The molecule has 1 aromatic rings. The lowest BCUT2D eigenvalue weighted by Crippen LogP contribution is -2.38. The highest BCUT2D eigenvalue weighted by Crippen LogP contribution is 2.35. The number of hydrogen-bond donors (Lipinski definition) is 2. The van der Waals surface area contributed by atoms with Crippen molar-refractivity contribution in [3.05, 3.63) is 23.3 Å². The third-order valence-electron chi connectivity index (χ3n) is 3.65. The molecule has 0 spiro atoms. The fourth-order valence-electron chi connectivity index (χ4n) is 2.58. The van der Waals surface area contributed by atoms with Gasteiger partial charge < -0.3 is 20.1 Å². The van der Waals surface area contributed by atoms with Crippen LogP contribution in [-0.2, 0) is 13.0 Å². The summed E-state index contributed by atoms with van der Waals surface area (Å²) < 4.78 is 11.7. The van der Waals surface area contributed by atoms with E-state index in [0.29, 0.717) is 13.2 Å². The van der Waals surface area contributed by atoms with Gasteiger partial charge in [-0.1, -0.05) is 0 Å². The van der Waals surface area contributed by atoms with E-state index in [9.17, 15) is 0 Å². The quantitative estimate of drug-likeness (QED) is 0.455. The molecule has 2 rings (SSSR count). The Morgan fingerprint density at radius 2 is 2.26 bits per heavy atom. The fourth-order valence-corrected chi connectivity index (χ4v) is 2.89. The van der Waals surface area contributed by atoms with Crippen LogP contribution in [0.25, 0.3) is 0 Å². The van der Waals surface area contributed by atoms with Crippen LogP contribution in [0, 0.1) is 0 Å². The SMILES string of the molecule is CCOc1cc2c(cc1CNC(=NC)NCCSC)OC(C)C2. The number of hydrogen-bond acceptors (Lipinski definition) is 4. The van der Waals surface area contributed by atoms with Gasteiger partial charge in [0.1, 0.15) is 17.6 Å². The Labute approximate surface area is 143 Å². The number of nitrogens with zero attached hydrogens (tertiary/aromatic N) is 1. The molecule has 0 amide bonds. The van der Waals surface area contributed by atoms with Gasteiger partial charge in [0, 0.05) is 43.4 Å². The fraction of sp³-hybridized carbons (Fsp3) is 0.588. The molecule has 0 bridgehead atoms. The van der Waals surface area contributed by atoms with Crippen LogP contribution in [0.4, 0.5) is 0 Å². The number of fused-ring (bicyclic) bond motifs is 1. The minimum atomic E-state index is 0.240. The molecule has 5 nitrogen and oxygen atoms in total. The summed E-state index contributed by atoms with van der Waals surface area (Å²) in [7, 11) is 1.78. The van der Waals surface area contributed by atoms with E-state index in [0.717, 1.165) is 41.7 Å². The molecule has 2 N–H and O–H groups in total. The van der Waals surface area contributed by atoms with Gasteiger partial charge in [0.05, 0.1) is 6.61 Å². The molecular weight excluding hydrogens is 310 g/mol. The Balaban J connectivity index is 2.05. The third-order valence-corrected chi connectivity index (χ3v) is 4.26. The van der Waals surface area contributed by atoms with Gasteiger partial charge in [-0.15, -0.1) is 0 Å². The summed E-state index contributed by atoms with van der Waals surface area (Å²) in [6, 6.07) is 4.20. The van der Waals surface area contributed by atoms with E-state index < -0.39 is 0 Å². The Kier molecular flexibility index (Phi) is 6.89. The second-order valence-electron chi connectivity index (χ2n) is 5.48. The van der Waals surface area contributed by atoms with Crippen LogP contribution in [0.5, 0.6) is 11.5 Å². The van der Waals surface area contributed by atoms with Crippen LogP contribution in [0.1, 0.15) is 25.0 Å². The molecule has 1 atom stereocenters. The summed E-state index contributed by atoms with van der Waals surface area (Å²) in [5.74, 6) is 3.76. The van der Waals surface area contributed by atoms with Gasteiger partial charge in [-0.2, -0.15) is 11.8 Å². The van der Waals surface area contributed by atoms with Gasteiger partial charge in [0.15, 0.2) is 5.96 Å². The normalized spacial score (nSPS) is 16.7. The van der Waals surface area contributed by atoms with Crippen LogP contribution in [0.2, 0.25) is 0 Å². The highest BCUT2D eigenvalue weighted by atomic mass is 32.2. The molecule has 1 aromatic carbocycles. The maximum Gasteiger partial charge on any atom is 0.191 e. The average Bonchev–Trinajstić information content (AvgIpc) is 2.90. The van der Waals surface area contributed by atoms with E-state index >= 15 is 0 Å². The van der Waals surface area contributed by atoms with E-state index in [2.05, 4.69) is 40.9 Å². The first-order valence-corrected chi connectivity index (χ1v) is 9.46. The van der Waals surface area contributed by atoms with Crippen molar-refractivity contribution in [1.82, 2.24) is 10.6 Å². The van der Waals surface area contributed by atoms with Crippen LogP contribution in [0.3, 0.4) is 0 Å². The molecule has 0 aromatic heterocycles. The number of ether oxygens (including phenoxy) is 2. The second kappa shape index (κ2) is 8.91. The van der Waals surface area contributed by atoms with E-state index in [1.165, 1.54) is 5.56 Å². The lowest BCUT2D eigenvalue weighted by Gasteiger charge is -2.15. The zero-order chi connectivity index (χ0) is 16.7. The maximum absolute atomic E-state index is 5.86. The average molecular weight is 337 g/mol. The molecule has 23 heavy (non-hydrogen) atoms. The summed E-state index contributed by atoms with van der Waals surface area (Å²) in [5, 5.41) is 6.64. The van der Waals surface area contributed by atoms with E-state index in [4.69, 9.17) is 9.47 Å². The standard InChI is InChI=1S/C17H27N3O2S/c1-5-21-15-9-13-8-12(2)22-16(13)10-14(15)11-20-17(18-3)19-6-7-23-4/h9-10,12H,5-8,11H2,1-4H3,(H2,18,19,20). The predicted molar refractivity (Wildman–Crippen MR) is 98.0 cm³/mol. The van der Waals surface area contributed by atoms with Crippen molar-refractivity contribution in [2.45, 2.75) is 32.9 Å². The van der Waals surface area contributed by atoms with Gasteiger partial charge in [-0.3, -0.25) is 4.99 Å². The molecule has 1 aliphatic heterocycles. The van der Waals surface area contributed by atoms with Crippen molar-refractivity contribution >= 4 is 17.7 Å². The summed E-state index contributed by atoms with van der Waals surface area (Å²) in [6.45, 7) is 6.30. The Bertz CT molecular complexity index is 549. The molecule has 0 saturated heterocycles. The molecule has 0 radical (unpaired) electrons. The Morgan fingerprint density at radius 3 is 2.96 bits per heavy atom. The Hall–Kier alpha value is -1.56. The van der Waals surface area contributed by atoms with E-state index in [1.54, 1.807) is 7.05 Å². The molecule has 1 aliphatic rings. The van der Waals surface area contributed by atoms with Crippen molar-refractivity contribution in [2.24, 2.45) is 4.99 Å². The number of guanidine groups is 1. The highest BCUT2D eigenvalue weighted by molar-refractivity contribution is 7.98. The second-order valence-corrected chi connectivity index (χ2v) is 6.46. The van der Waals surface area contributed by atoms with Crippen molar-refractivity contribution < 1.29 is 9.47 Å². The number of rotatable bonds is 7.